The SMILES string of the molecule is CC(C)Cc1c(C=Nc2ccccc2)cccc1C1CCC1. The van der Waals surface area contributed by atoms with Crippen LogP contribution in [0.2, 0.25) is 0 Å². The third kappa shape index (κ3) is 3.47. The molecule has 0 aromatic heterocycles. The molecule has 114 valence electrons. The fourth-order valence-electron chi connectivity index (χ4n) is 3.15. The third-order valence-electron chi connectivity index (χ3n) is 4.51. The van der Waals surface area contributed by atoms with Gasteiger partial charge in [0.2, 0.25) is 0 Å². The molecule has 1 heteroatoms. The first-order chi connectivity index (χ1) is 10.7. The van der Waals surface area contributed by atoms with Crippen molar-refractivity contribution >= 4 is 11.9 Å². The zero-order valence-electron chi connectivity index (χ0n) is 13.6. The molecular formula is C21H25N. The summed E-state index contributed by atoms with van der Waals surface area (Å²) in [7, 11) is 0. The Morgan fingerprint density at radius 1 is 1.05 bits per heavy atom. The Kier molecular flexibility index (Phi) is 4.72. The molecule has 0 saturated heterocycles. The number of aliphatic imine (C=N–C) groups is 1. The van der Waals surface area contributed by atoms with E-state index in [0.29, 0.717) is 5.92 Å². The molecular weight excluding hydrogens is 266 g/mol. The van der Waals surface area contributed by atoms with Gasteiger partial charge >= 0.3 is 0 Å². The normalized spacial score (nSPS) is 15.4. The standard InChI is InChI=1S/C21H25N/c1-16(2)14-21-18(15-22-19-11-4-3-5-12-19)10-7-13-20(21)17-8-6-9-17/h3-5,7,10-13,15-17H,6,8-9,14H2,1-2H3. The van der Waals surface area contributed by atoms with Crippen molar-refractivity contribution in [1.82, 2.24) is 0 Å². The van der Waals surface area contributed by atoms with Crippen LogP contribution >= 0.6 is 0 Å². The highest BCUT2D eigenvalue weighted by Gasteiger charge is 2.23. The van der Waals surface area contributed by atoms with E-state index in [9.17, 15) is 0 Å². The van der Waals surface area contributed by atoms with Crippen molar-refractivity contribution < 1.29 is 0 Å². The molecule has 0 heterocycles. The van der Waals surface area contributed by atoms with E-state index in [0.717, 1.165) is 18.0 Å². The van der Waals surface area contributed by atoms with Gasteiger partial charge in [-0.2, -0.15) is 0 Å². The molecule has 1 saturated carbocycles. The lowest BCUT2D eigenvalue weighted by Gasteiger charge is -2.29. The largest absolute Gasteiger partial charge is 0.256 e. The summed E-state index contributed by atoms with van der Waals surface area (Å²) in [5.74, 6) is 1.45. The molecule has 2 aromatic carbocycles. The van der Waals surface area contributed by atoms with Gasteiger partial charge in [0.15, 0.2) is 0 Å². The quantitative estimate of drug-likeness (QED) is 0.608. The van der Waals surface area contributed by atoms with Gasteiger partial charge < -0.3 is 0 Å². The topological polar surface area (TPSA) is 12.4 Å². The lowest BCUT2D eigenvalue weighted by molar-refractivity contribution is 0.415. The molecule has 2 aromatic rings. The van der Waals surface area contributed by atoms with Crippen LogP contribution in [-0.2, 0) is 6.42 Å². The van der Waals surface area contributed by atoms with Crippen molar-refractivity contribution in [3.05, 3.63) is 65.2 Å². The second-order valence-corrected chi connectivity index (χ2v) is 6.73. The smallest absolute Gasteiger partial charge is 0.0629 e. The van der Waals surface area contributed by atoms with E-state index in [4.69, 9.17) is 0 Å². The van der Waals surface area contributed by atoms with Gasteiger partial charge in [-0.05, 0) is 59.9 Å². The van der Waals surface area contributed by atoms with Crippen LogP contribution in [0.4, 0.5) is 5.69 Å². The van der Waals surface area contributed by atoms with E-state index in [1.807, 2.05) is 18.2 Å². The number of rotatable bonds is 5. The van der Waals surface area contributed by atoms with E-state index < -0.39 is 0 Å². The maximum atomic E-state index is 4.66. The summed E-state index contributed by atoms with van der Waals surface area (Å²) >= 11 is 0. The second-order valence-electron chi connectivity index (χ2n) is 6.73. The average Bonchev–Trinajstić information content (AvgIpc) is 2.46. The van der Waals surface area contributed by atoms with Crippen LogP contribution in [0.25, 0.3) is 0 Å². The summed E-state index contributed by atoms with van der Waals surface area (Å²) in [4.78, 5) is 4.66. The highest BCUT2D eigenvalue weighted by atomic mass is 14.7. The Labute approximate surface area is 134 Å². The summed E-state index contributed by atoms with van der Waals surface area (Å²) in [5.41, 5.74) is 5.40. The van der Waals surface area contributed by atoms with Crippen LogP contribution in [0.1, 0.15) is 55.7 Å². The minimum atomic E-state index is 0.671. The lowest BCUT2D eigenvalue weighted by atomic mass is 9.76. The summed E-state index contributed by atoms with van der Waals surface area (Å²) in [6.07, 6.45) is 7.28. The molecule has 0 atom stereocenters. The molecule has 1 aliphatic carbocycles. The molecule has 1 nitrogen and oxygen atoms in total. The van der Waals surface area contributed by atoms with Crippen molar-refractivity contribution in [3.63, 3.8) is 0 Å². The van der Waals surface area contributed by atoms with Gasteiger partial charge in [0.25, 0.3) is 0 Å². The summed E-state index contributed by atoms with van der Waals surface area (Å²) in [6, 6.07) is 16.9. The number of hydrogen-bond acceptors (Lipinski definition) is 1. The molecule has 0 amide bonds. The van der Waals surface area contributed by atoms with Crippen LogP contribution in [0.3, 0.4) is 0 Å². The third-order valence-corrected chi connectivity index (χ3v) is 4.51. The van der Waals surface area contributed by atoms with Crippen LogP contribution in [0.15, 0.2) is 53.5 Å². The van der Waals surface area contributed by atoms with Crippen molar-refractivity contribution in [2.45, 2.75) is 45.4 Å². The first-order valence-corrected chi connectivity index (χ1v) is 8.45. The van der Waals surface area contributed by atoms with Gasteiger partial charge in [0.05, 0.1) is 5.69 Å². The Bertz CT molecular complexity index is 636. The first-order valence-electron chi connectivity index (χ1n) is 8.45. The van der Waals surface area contributed by atoms with Gasteiger partial charge in [-0.15, -0.1) is 0 Å². The molecule has 0 aliphatic heterocycles. The second kappa shape index (κ2) is 6.91. The minimum absolute atomic E-state index is 0.671. The van der Waals surface area contributed by atoms with Crippen LogP contribution in [0.5, 0.6) is 0 Å². The lowest BCUT2D eigenvalue weighted by Crippen LogP contribution is -2.14. The molecule has 3 rings (SSSR count). The maximum Gasteiger partial charge on any atom is 0.0629 e. The van der Waals surface area contributed by atoms with E-state index in [-0.39, 0.29) is 0 Å². The number of hydrogen-bond donors (Lipinski definition) is 0. The van der Waals surface area contributed by atoms with E-state index in [2.05, 4.69) is 55.4 Å². The average molecular weight is 291 g/mol. The molecule has 0 radical (unpaired) electrons. The first kappa shape index (κ1) is 15.0. The fourth-order valence-corrected chi connectivity index (χ4v) is 3.15. The number of nitrogens with zero attached hydrogens (tertiary/aromatic N) is 1. The van der Waals surface area contributed by atoms with Crippen molar-refractivity contribution in [2.75, 3.05) is 0 Å². The molecule has 1 aliphatic rings. The van der Waals surface area contributed by atoms with Crippen LogP contribution in [-0.4, -0.2) is 6.21 Å². The Hall–Kier alpha value is -1.89. The Morgan fingerprint density at radius 3 is 2.45 bits per heavy atom. The van der Waals surface area contributed by atoms with E-state index in [1.54, 1.807) is 5.56 Å². The van der Waals surface area contributed by atoms with Crippen LogP contribution in [0, 0.1) is 5.92 Å². The van der Waals surface area contributed by atoms with Crippen molar-refractivity contribution in [1.29, 1.82) is 0 Å². The zero-order chi connectivity index (χ0) is 15.4. The van der Waals surface area contributed by atoms with Gasteiger partial charge in [0.1, 0.15) is 0 Å². The Balaban J connectivity index is 1.93. The zero-order valence-corrected chi connectivity index (χ0v) is 13.6. The summed E-state index contributed by atoms with van der Waals surface area (Å²) in [5, 5.41) is 0. The Morgan fingerprint density at radius 2 is 1.82 bits per heavy atom. The molecule has 0 N–H and O–H groups in total. The molecule has 0 bridgehead atoms. The van der Waals surface area contributed by atoms with E-state index >= 15 is 0 Å². The monoisotopic (exact) mass is 291 g/mol. The predicted molar refractivity (Wildman–Crippen MR) is 95.3 cm³/mol. The minimum Gasteiger partial charge on any atom is -0.256 e. The van der Waals surface area contributed by atoms with Crippen molar-refractivity contribution in [2.24, 2.45) is 10.9 Å². The molecule has 1 fully saturated rings. The highest BCUT2D eigenvalue weighted by molar-refractivity contribution is 5.84. The van der Waals surface area contributed by atoms with Crippen molar-refractivity contribution in [3.8, 4) is 0 Å². The van der Waals surface area contributed by atoms with Gasteiger partial charge in [0, 0.05) is 6.21 Å². The predicted octanol–water partition coefficient (Wildman–Crippen LogP) is 5.90. The van der Waals surface area contributed by atoms with Crippen LogP contribution < -0.4 is 0 Å². The summed E-state index contributed by atoms with van der Waals surface area (Å²) < 4.78 is 0. The molecule has 0 spiro atoms. The number of benzene rings is 2. The molecule has 22 heavy (non-hydrogen) atoms. The maximum absolute atomic E-state index is 4.66. The van der Waals surface area contributed by atoms with Gasteiger partial charge in [-0.1, -0.05) is 56.7 Å². The summed E-state index contributed by atoms with van der Waals surface area (Å²) in [6.45, 7) is 4.60. The highest BCUT2D eigenvalue weighted by Crippen LogP contribution is 2.39. The van der Waals surface area contributed by atoms with Gasteiger partial charge in [-0.3, -0.25) is 4.99 Å². The van der Waals surface area contributed by atoms with Gasteiger partial charge in [-0.25, -0.2) is 0 Å². The fraction of sp³-hybridized carbons (Fsp3) is 0.381. The molecule has 0 unspecified atom stereocenters. The number of para-hydroxylation sites is 1. The van der Waals surface area contributed by atoms with E-state index in [1.165, 1.54) is 30.4 Å².